The lowest BCUT2D eigenvalue weighted by molar-refractivity contribution is 0.327. The fraction of sp³-hybridized carbons (Fsp3) is 0.263. The number of methoxy groups -OCH3 is 5. The topological polar surface area (TPSA) is 46.2 Å². The van der Waals surface area contributed by atoms with Crippen molar-refractivity contribution >= 4 is 21.5 Å². The zero-order valence-corrected chi connectivity index (χ0v) is 14.4. The fourth-order valence-corrected chi connectivity index (χ4v) is 3.02. The average Bonchev–Trinajstić information content (AvgIpc) is 2.63. The van der Waals surface area contributed by atoms with E-state index in [4.69, 9.17) is 23.7 Å². The van der Waals surface area contributed by atoms with Crippen molar-refractivity contribution in [3.8, 4) is 28.7 Å². The van der Waals surface area contributed by atoms with Crippen LogP contribution in [0, 0.1) is 0 Å². The summed E-state index contributed by atoms with van der Waals surface area (Å²) in [6.45, 7) is 0. The van der Waals surface area contributed by atoms with E-state index in [-0.39, 0.29) is 0 Å². The van der Waals surface area contributed by atoms with Crippen molar-refractivity contribution in [3.05, 3.63) is 30.3 Å². The highest BCUT2D eigenvalue weighted by Gasteiger charge is 2.18. The predicted molar refractivity (Wildman–Crippen MR) is 94.2 cm³/mol. The first-order valence-corrected chi connectivity index (χ1v) is 7.45. The highest BCUT2D eigenvalue weighted by Crippen LogP contribution is 2.46. The molecule has 24 heavy (non-hydrogen) atoms. The van der Waals surface area contributed by atoms with Gasteiger partial charge in [-0.05, 0) is 35.0 Å². The molecule has 0 fully saturated rings. The Hall–Kier alpha value is -2.82. The molecule has 5 nitrogen and oxygen atoms in total. The van der Waals surface area contributed by atoms with E-state index in [0.29, 0.717) is 28.7 Å². The summed E-state index contributed by atoms with van der Waals surface area (Å²) in [7, 11) is 8.09. The first-order valence-electron chi connectivity index (χ1n) is 7.45. The second-order valence-corrected chi connectivity index (χ2v) is 5.24. The average molecular weight is 328 g/mol. The molecule has 0 aliphatic carbocycles. The van der Waals surface area contributed by atoms with Crippen LogP contribution in [0.2, 0.25) is 0 Å². The third kappa shape index (κ3) is 2.33. The molecule has 0 atom stereocenters. The van der Waals surface area contributed by atoms with E-state index >= 15 is 0 Å². The van der Waals surface area contributed by atoms with Gasteiger partial charge < -0.3 is 23.7 Å². The summed E-state index contributed by atoms with van der Waals surface area (Å²) in [6.07, 6.45) is 0. The molecule has 5 heteroatoms. The summed E-state index contributed by atoms with van der Waals surface area (Å²) in [5, 5.41) is 3.88. The Morgan fingerprint density at radius 3 is 1.67 bits per heavy atom. The van der Waals surface area contributed by atoms with E-state index in [1.54, 1.807) is 35.5 Å². The smallest absolute Gasteiger partial charge is 0.203 e. The molecule has 126 valence electrons. The molecule has 0 unspecified atom stereocenters. The summed E-state index contributed by atoms with van der Waals surface area (Å²) < 4.78 is 27.4. The van der Waals surface area contributed by atoms with Crippen LogP contribution >= 0.6 is 0 Å². The van der Waals surface area contributed by atoms with Crippen LogP contribution in [-0.2, 0) is 0 Å². The van der Waals surface area contributed by atoms with Gasteiger partial charge in [-0.25, -0.2) is 0 Å². The maximum absolute atomic E-state index is 5.58. The Bertz CT molecular complexity index is 902. The zero-order valence-electron chi connectivity index (χ0n) is 14.4. The summed E-state index contributed by atoms with van der Waals surface area (Å²) in [4.78, 5) is 0. The molecule has 0 amide bonds. The van der Waals surface area contributed by atoms with Crippen LogP contribution in [-0.4, -0.2) is 35.5 Å². The minimum Gasteiger partial charge on any atom is -0.493 e. The van der Waals surface area contributed by atoms with Crippen molar-refractivity contribution in [3.63, 3.8) is 0 Å². The van der Waals surface area contributed by atoms with Crippen LogP contribution in [0.25, 0.3) is 21.5 Å². The van der Waals surface area contributed by atoms with Gasteiger partial charge in [0, 0.05) is 10.8 Å². The van der Waals surface area contributed by atoms with Gasteiger partial charge in [0.05, 0.1) is 35.5 Å². The number of ether oxygens (including phenoxy) is 5. The molecular weight excluding hydrogens is 308 g/mol. The van der Waals surface area contributed by atoms with E-state index in [2.05, 4.69) is 0 Å². The predicted octanol–water partition coefficient (Wildman–Crippen LogP) is 4.04. The molecular formula is C19H20O5. The summed E-state index contributed by atoms with van der Waals surface area (Å²) in [5.41, 5.74) is 0. The summed E-state index contributed by atoms with van der Waals surface area (Å²) in [6, 6.07) is 9.89. The van der Waals surface area contributed by atoms with Gasteiger partial charge in [0.15, 0.2) is 23.0 Å². The van der Waals surface area contributed by atoms with Crippen LogP contribution in [0.3, 0.4) is 0 Å². The molecule has 3 rings (SSSR count). The standard InChI is InChI=1S/C19H20O5/c1-20-15-7-6-11-8-14-12(9-13(11)17(15)22-3)10-16(21-2)19(24-5)18(14)23-4/h6-10H,1-5H3. The molecule has 0 bridgehead atoms. The molecule has 0 spiro atoms. The summed E-state index contributed by atoms with van der Waals surface area (Å²) in [5.74, 6) is 3.22. The maximum atomic E-state index is 5.58. The number of hydrogen-bond donors (Lipinski definition) is 0. The molecule has 3 aromatic rings. The van der Waals surface area contributed by atoms with E-state index in [1.807, 2.05) is 30.3 Å². The lowest BCUT2D eigenvalue weighted by Crippen LogP contribution is -1.96. The number of fused-ring (bicyclic) bond motifs is 2. The lowest BCUT2D eigenvalue weighted by atomic mass is 10.0. The van der Waals surface area contributed by atoms with Gasteiger partial charge in [-0.3, -0.25) is 0 Å². The van der Waals surface area contributed by atoms with Crippen LogP contribution < -0.4 is 23.7 Å². The summed E-state index contributed by atoms with van der Waals surface area (Å²) >= 11 is 0. The van der Waals surface area contributed by atoms with Gasteiger partial charge in [0.25, 0.3) is 0 Å². The molecule has 0 heterocycles. The van der Waals surface area contributed by atoms with Crippen molar-refractivity contribution in [2.75, 3.05) is 35.5 Å². The van der Waals surface area contributed by atoms with Crippen LogP contribution in [0.5, 0.6) is 28.7 Å². The van der Waals surface area contributed by atoms with Crippen molar-refractivity contribution in [2.45, 2.75) is 0 Å². The Morgan fingerprint density at radius 2 is 1.08 bits per heavy atom. The number of hydrogen-bond acceptors (Lipinski definition) is 5. The first-order chi connectivity index (χ1) is 11.7. The van der Waals surface area contributed by atoms with Gasteiger partial charge in [-0.1, -0.05) is 6.07 Å². The maximum Gasteiger partial charge on any atom is 0.203 e. The Labute approximate surface area is 140 Å². The molecule has 0 aliphatic heterocycles. The molecule has 0 radical (unpaired) electrons. The van der Waals surface area contributed by atoms with Crippen LogP contribution in [0.15, 0.2) is 30.3 Å². The second-order valence-electron chi connectivity index (χ2n) is 5.24. The van der Waals surface area contributed by atoms with Gasteiger partial charge in [-0.15, -0.1) is 0 Å². The third-order valence-electron chi connectivity index (χ3n) is 4.12. The van der Waals surface area contributed by atoms with Crippen molar-refractivity contribution < 1.29 is 23.7 Å². The van der Waals surface area contributed by atoms with Crippen LogP contribution in [0.1, 0.15) is 0 Å². The van der Waals surface area contributed by atoms with E-state index in [1.165, 1.54) is 0 Å². The molecule has 3 aromatic carbocycles. The molecule has 0 aliphatic rings. The van der Waals surface area contributed by atoms with Gasteiger partial charge in [0.2, 0.25) is 5.75 Å². The van der Waals surface area contributed by atoms with E-state index in [0.717, 1.165) is 21.5 Å². The van der Waals surface area contributed by atoms with Gasteiger partial charge in [0.1, 0.15) is 0 Å². The van der Waals surface area contributed by atoms with E-state index in [9.17, 15) is 0 Å². The van der Waals surface area contributed by atoms with Crippen molar-refractivity contribution in [2.24, 2.45) is 0 Å². The largest absolute Gasteiger partial charge is 0.493 e. The quantitative estimate of drug-likeness (QED) is 0.662. The lowest BCUT2D eigenvalue weighted by Gasteiger charge is -2.16. The molecule has 0 saturated carbocycles. The second kappa shape index (κ2) is 6.35. The molecule has 0 aromatic heterocycles. The van der Waals surface area contributed by atoms with E-state index < -0.39 is 0 Å². The zero-order chi connectivity index (χ0) is 17.3. The first kappa shape index (κ1) is 16.1. The van der Waals surface area contributed by atoms with Crippen molar-refractivity contribution in [1.82, 2.24) is 0 Å². The fourth-order valence-electron chi connectivity index (χ4n) is 3.02. The SMILES string of the molecule is COc1cc2cc3c(OC)c(OC)ccc3cc2c(OC)c1OC. The number of benzene rings is 3. The normalized spacial score (nSPS) is 10.7. The highest BCUT2D eigenvalue weighted by atomic mass is 16.5. The van der Waals surface area contributed by atoms with Crippen LogP contribution in [0.4, 0.5) is 0 Å². The Kier molecular flexibility index (Phi) is 4.25. The Morgan fingerprint density at radius 1 is 0.500 bits per heavy atom. The molecule has 0 N–H and O–H groups in total. The van der Waals surface area contributed by atoms with Crippen molar-refractivity contribution in [1.29, 1.82) is 0 Å². The Balaban J connectivity index is 2.44. The minimum absolute atomic E-state index is 0.576. The number of rotatable bonds is 5. The van der Waals surface area contributed by atoms with Gasteiger partial charge in [-0.2, -0.15) is 0 Å². The molecule has 0 saturated heterocycles. The van der Waals surface area contributed by atoms with Gasteiger partial charge >= 0.3 is 0 Å². The minimum atomic E-state index is 0.576. The highest BCUT2D eigenvalue weighted by molar-refractivity contribution is 6.05. The monoisotopic (exact) mass is 328 g/mol. The third-order valence-corrected chi connectivity index (χ3v) is 4.12.